The van der Waals surface area contributed by atoms with Crippen LogP contribution >= 0.6 is 0 Å². The molecule has 0 saturated carbocycles. The lowest BCUT2D eigenvalue weighted by molar-refractivity contribution is 0.646. The molecule has 6 heteroatoms. The maximum atomic E-state index is 4.66. The molecule has 2 rings (SSSR count). The smallest absolute Gasteiger partial charge is 0.231 e. The quantitative estimate of drug-likeness (QED) is 0.860. The van der Waals surface area contributed by atoms with Crippen molar-refractivity contribution in [2.45, 2.75) is 46.1 Å². The zero-order chi connectivity index (χ0) is 14.5. The number of rotatable bonds is 6. The molecule has 112 valence electrons. The topological polar surface area (TPSA) is 57.2 Å². The molecule has 1 saturated heterocycles. The monoisotopic (exact) mass is 278 g/mol. The van der Waals surface area contributed by atoms with E-state index in [9.17, 15) is 0 Å². The average Bonchev–Trinajstić information content (AvgIpc) is 3.00. The van der Waals surface area contributed by atoms with E-state index in [-0.39, 0.29) is 0 Å². The first-order valence-electron chi connectivity index (χ1n) is 7.63. The molecule has 1 N–H and O–H groups in total. The third kappa shape index (κ3) is 3.29. The maximum Gasteiger partial charge on any atom is 0.231 e. The van der Waals surface area contributed by atoms with Crippen molar-refractivity contribution in [2.24, 2.45) is 0 Å². The SMILES string of the molecule is CCNc1nc(N2CCCC2)nc(N(C)C(C)CC)n1. The van der Waals surface area contributed by atoms with Crippen LogP contribution < -0.4 is 15.1 Å². The van der Waals surface area contributed by atoms with Crippen molar-refractivity contribution < 1.29 is 0 Å². The summed E-state index contributed by atoms with van der Waals surface area (Å²) in [6, 6.07) is 0.415. The van der Waals surface area contributed by atoms with Gasteiger partial charge in [-0.15, -0.1) is 0 Å². The molecule has 0 amide bonds. The molecule has 6 nitrogen and oxygen atoms in total. The van der Waals surface area contributed by atoms with Gasteiger partial charge >= 0.3 is 0 Å². The molecule has 1 aliphatic rings. The minimum absolute atomic E-state index is 0.415. The van der Waals surface area contributed by atoms with Crippen molar-refractivity contribution in [1.29, 1.82) is 0 Å². The van der Waals surface area contributed by atoms with E-state index in [2.05, 4.69) is 50.8 Å². The molecule has 0 radical (unpaired) electrons. The maximum absolute atomic E-state index is 4.66. The largest absolute Gasteiger partial charge is 0.354 e. The molecular formula is C14H26N6. The summed E-state index contributed by atoms with van der Waals surface area (Å²) in [6.45, 7) is 9.32. The van der Waals surface area contributed by atoms with Gasteiger partial charge in [0.1, 0.15) is 0 Å². The predicted octanol–water partition coefficient (Wildman–Crippen LogP) is 2.14. The second-order valence-corrected chi connectivity index (χ2v) is 5.35. The van der Waals surface area contributed by atoms with Gasteiger partial charge in [0.2, 0.25) is 17.8 Å². The van der Waals surface area contributed by atoms with Crippen LogP contribution in [0.25, 0.3) is 0 Å². The van der Waals surface area contributed by atoms with Gasteiger partial charge in [0.05, 0.1) is 0 Å². The van der Waals surface area contributed by atoms with E-state index in [4.69, 9.17) is 0 Å². The molecule has 1 unspecified atom stereocenters. The summed E-state index contributed by atoms with van der Waals surface area (Å²) < 4.78 is 0. The Morgan fingerprint density at radius 1 is 1.20 bits per heavy atom. The van der Waals surface area contributed by atoms with E-state index in [0.717, 1.165) is 38.0 Å². The lowest BCUT2D eigenvalue weighted by Crippen LogP contribution is -2.31. The Bertz CT molecular complexity index is 430. The molecule has 1 aromatic rings. The Hall–Kier alpha value is -1.59. The number of hydrogen-bond acceptors (Lipinski definition) is 6. The van der Waals surface area contributed by atoms with Crippen molar-refractivity contribution in [3.05, 3.63) is 0 Å². The third-order valence-corrected chi connectivity index (χ3v) is 3.90. The van der Waals surface area contributed by atoms with E-state index in [1.807, 2.05) is 7.05 Å². The highest BCUT2D eigenvalue weighted by molar-refractivity contribution is 5.45. The second kappa shape index (κ2) is 6.72. The van der Waals surface area contributed by atoms with E-state index < -0.39 is 0 Å². The fraction of sp³-hybridized carbons (Fsp3) is 0.786. The van der Waals surface area contributed by atoms with Crippen molar-refractivity contribution in [2.75, 3.05) is 41.8 Å². The first-order chi connectivity index (χ1) is 9.65. The van der Waals surface area contributed by atoms with Crippen molar-refractivity contribution in [1.82, 2.24) is 15.0 Å². The Morgan fingerprint density at radius 3 is 2.50 bits per heavy atom. The van der Waals surface area contributed by atoms with Crippen LogP contribution in [0.2, 0.25) is 0 Å². The van der Waals surface area contributed by atoms with Crippen LogP contribution in [0, 0.1) is 0 Å². The summed E-state index contributed by atoms with van der Waals surface area (Å²) in [4.78, 5) is 18.1. The summed E-state index contributed by atoms with van der Waals surface area (Å²) >= 11 is 0. The molecule has 1 atom stereocenters. The van der Waals surface area contributed by atoms with Gasteiger partial charge in [0.25, 0.3) is 0 Å². The standard InChI is InChI=1S/C14H26N6/c1-5-11(3)19(4)13-16-12(15-6-2)17-14(18-13)20-9-7-8-10-20/h11H,5-10H2,1-4H3,(H,15,16,17,18). The van der Waals surface area contributed by atoms with Crippen LogP contribution in [-0.2, 0) is 0 Å². The van der Waals surface area contributed by atoms with Gasteiger partial charge in [-0.05, 0) is 33.1 Å². The molecule has 0 bridgehead atoms. The van der Waals surface area contributed by atoms with Crippen molar-refractivity contribution in [3.8, 4) is 0 Å². The second-order valence-electron chi connectivity index (χ2n) is 5.35. The lowest BCUT2D eigenvalue weighted by Gasteiger charge is -2.25. The molecular weight excluding hydrogens is 252 g/mol. The molecule has 2 heterocycles. The van der Waals surface area contributed by atoms with Crippen LogP contribution in [0.1, 0.15) is 40.0 Å². The summed E-state index contributed by atoms with van der Waals surface area (Å²) in [5.74, 6) is 2.24. The Kier molecular flexibility index (Phi) is 4.98. The van der Waals surface area contributed by atoms with Gasteiger partial charge in [-0.25, -0.2) is 0 Å². The minimum Gasteiger partial charge on any atom is -0.354 e. The zero-order valence-corrected chi connectivity index (χ0v) is 13.1. The van der Waals surface area contributed by atoms with E-state index in [1.54, 1.807) is 0 Å². The fourth-order valence-corrected chi connectivity index (χ4v) is 2.28. The first kappa shape index (κ1) is 14.8. The van der Waals surface area contributed by atoms with Crippen LogP contribution in [0.4, 0.5) is 17.8 Å². The van der Waals surface area contributed by atoms with E-state index in [0.29, 0.717) is 12.0 Å². The van der Waals surface area contributed by atoms with Gasteiger partial charge < -0.3 is 15.1 Å². The summed E-state index contributed by atoms with van der Waals surface area (Å²) in [7, 11) is 2.05. The number of anilines is 3. The van der Waals surface area contributed by atoms with Gasteiger partial charge in [-0.3, -0.25) is 0 Å². The van der Waals surface area contributed by atoms with Gasteiger partial charge in [-0.1, -0.05) is 6.92 Å². The Morgan fingerprint density at radius 2 is 1.90 bits per heavy atom. The highest BCUT2D eigenvalue weighted by Gasteiger charge is 2.19. The van der Waals surface area contributed by atoms with Gasteiger partial charge in [-0.2, -0.15) is 15.0 Å². The Balaban J connectivity index is 2.29. The highest BCUT2D eigenvalue weighted by atomic mass is 15.4. The summed E-state index contributed by atoms with van der Waals surface area (Å²) in [5.41, 5.74) is 0. The normalized spacial score (nSPS) is 16.3. The number of nitrogens with one attached hydrogen (secondary N) is 1. The lowest BCUT2D eigenvalue weighted by atomic mass is 10.2. The number of nitrogens with zero attached hydrogens (tertiary/aromatic N) is 5. The van der Waals surface area contributed by atoms with E-state index in [1.165, 1.54) is 12.8 Å². The molecule has 20 heavy (non-hydrogen) atoms. The fourth-order valence-electron chi connectivity index (χ4n) is 2.28. The first-order valence-corrected chi connectivity index (χ1v) is 7.63. The van der Waals surface area contributed by atoms with Crippen LogP contribution in [0.3, 0.4) is 0 Å². The molecule has 0 aromatic carbocycles. The van der Waals surface area contributed by atoms with E-state index >= 15 is 0 Å². The molecule has 0 aliphatic carbocycles. The van der Waals surface area contributed by atoms with Crippen LogP contribution in [0.5, 0.6) is 0 Å². The average molecular weight is 278 g/mol. The molecule has 1 aromatic heterocycles. The Labute approximate surface area is 121 Å². The highest BCUT2D eigenvalue weighted by Crippen LogP contribution is 2.21. The number of aromatic nitrogens is 3. The summed E-state index contributed by atoms with van der Waals surface area (Å²) in [6.07, 6.45) is 3.51. The summed E-state index contributed by atoms with van der Waals surface area (Å²) in [5, 5.41) is 3.21. The van der Waals surface area contributed by atoms with Crippen molar-refractivity contribution in [3.63, 3.8) is 0 Å². The molecule has 1 aliphatic heterocycles. The molecule has 0 spiro atoms. The third-order valence-electron chi connectivity index (χ3n) is 3.90. The van der Waals surface area contributed by atoms with Crippen molar-refractivity contribution >= 4 is 17.8 Å². The number of hydrogen-bond donors (Lipinski definition) is 1. The van der Waals surface area contributed by atoms with Gasteiger partial charge in [0, 0.05) is 32.7 Å². The van der Waals surface area contributed by atoms with Crippen LogP contribution in [0.15, 0.2) is 0 Å². The minimum atomic E-state index is 0.415. The molecule has 1 fully saturated rings. The van der Waals surface area contributed by atoms with Crippen LogP contribution in [-0.4, -0.2) is 47.7 Å². The van der Waals surface area contributed by atoms with Gasteiger partial charge in [0.15, 0.2) is 0 Å². The predicted molar refractivity (Wildman–Crippen MR) is 83.6 cm³/mol. The zero-order valence-electron chi connectivity index (χ0n) is 13.1.